The van der Waals surface area contributed by atoms with Crippen molar-refractivity contribution < 1.29 is 9.59 Å². The highest BCUT2D eigenvalue weighted by Crippen LogP contribution is 2.23. The number of rotatable bonds is 3. The molecule has 1 rings (SSSR count). The van der Waals surface area contributed by atoms with Crippen molar-refractivity contribution >= 4 is 11.8 Å². The molecule has 15 heavy (non-hydrogen) atoms. The van der Waals surface area contributed by atoms with Gasteiger partial charge in [-0.25, -0.2) is 0 Å². The molecule has 0 aromatic rings. The summed E-state index contributed by atoms with van der Waals surface area (Å²) in [4.78, 5) is 24.2. The van der Waals surface area contributed by atoms with Crippen LogP contribution in [0, 0.1) is 5.92 Å². The van der Waals surface area contributed by atoms with E-state index in [-0.39, 0.29) is 18.4 Å². The Hall–Kier alpha value is -1.10. The lowest BCUT2D eigenvalue weighted by atomic mass is 10.0. The Balaban J connectivity index is 2.57. The van der Waals surface area contributed by atoms with Crippen LogP contribution in [0.3, 0.4) is 0 Å². The third-order valence-corrected chi connectivity index (χ3v) is 3.16. The smallest absolute Gasteiger partial charge is 0.240 e. The summed E-state index contributed by atoms with van der Waals surface area (Å²) in [5.74, 6) is -0.198. The monoisotopic (exact) mass is 213 g/mol. The number of amides is 2. The average molecular weight is 213 g/mol. The molecule has 0 aromatic carbocycles. The van der Waals surface area contributed by atoms with Gasteiger partial charge in [0.15, 0.2) is 0 Å². The minimum Gasteiger partial charge on any atom is -0.370 e. The van der Waals surface area contributed by atoms with Gasteiger partial charge in [0, 0.05) is 12.6 Å². The fourth-order valence-electron chi connectivity index (χ4n) is 1.92. The van der Waals surface area contributed by atoms with Gasteiger partial charge in [-0.05, 0) is 19.3 Å². The number of likely N-dealkylation sites (tertiary alicyclic amines) is 1. The second kappa shape index (κ2) is 4.61. The molecule has 0 aliphatic carbocycles. The summed E-state index contributed by atoms with van der Waals surface area (Å²) >= 11 is 0. The third kappa shape index (κ3) is 2.68. The summed E-state index contributed by atoms with van der Waals surface area (Å²) in [5, 5.41) is 0. The second-order valence-electron chi connectivity index (χ2n) is 4.32. The molecule has 0 radical (unpaired) electrons. The molecule has 1 aliphatic heterocycles. The van der Waals surface area contributed by atoms with Crippen LogP contribution in [0.4, 0.5) is 0 Å². The molecule has 0 spiro atoms. The fraction of sp³-hybridized carbons (Fsp3) is 0.800. The SMILES string of the molecule is CC1CCN(C(=O)C(N)CC(N)=O)C1C. The first-order chi connectivity index (χ1) is 6.93. The van der Waals surface area contributed by atoms with E-state index in [1.807, 2.05) is 6.92 Å². The fourth-order valence-corrected chi connectivity index (χ4v) is 1.92. The zero-order valence-corrected chi connectivity index (χ0v) is 9.27. The van der Waals surface area contributed by atoms with Gasteiger partial charge >= 0.3 is 0 Å². The minimum atomic E-state index is -0.782. The predicted molar refractivity (Wildman–Crippen MR) is 56.7 cm³/mol. The number of primary amides is 1. The van der Waals surface area contributed by atoms with Crippen molar-refractivity contribution in [1.82, 2.24) is 4.90 Å². The Morgan fingerprint density at radius 2 is 2.07 bits per heavy atom. The van der Waals surface area contributed by atoms with Crippen molar-refractivity contribution in [2.75, 3.05) is 6.54 Å². The summed E-state index contributed by atoms with van der Waals surface area (Å²) < 4.78 is 0. The van der Waals surface area contributed by atoms with Crippen molar-refractivity contribution in [3.05, 3.63) is 0 Å². The third-order valence-electron chi connectivity index (χ3n) is 3.16. The maximum absolute atomic E-state index is 11.8. The van der Waals surface area contributed by atoms with E-state index < -0.39 is 11.9 Å². The summed E-state index contributed by atoms with van der Waals surface area (Å²) in [5.41, 5.74) is 10.6. The maximum atomic E-state index is 11.8. The molecule has 0 saturated carbocycles. The molecule has 1 heterocycles. The lowest BCUT2D eigenvalue weighted by molar-refractivity contribution is -0.135. The second-order valence-corrected chi connectivity index (χ2v) is 4.32. The molecule has 1 fully saturated rings. The Kier molecular flexibility index (Phi) is 3.68. The van der Waals surface area contributed by atoms with Crippen LogP contribution in [0.15, 0.2) is 0 Å². The number of nitrogens with zero attached hydrogens (tertiary/aromatic N) is 1. The number of hydrogen-bond donors (Lipinski definition) is 2. The van der Waals surface area contributed by atoms with E-state index in [1.54, 1.807) is 4.90 Å². The minimum absolute atomic E-state index is 0.0730. The van der Waals surface area contributed by atoms with Gasteiger partial charge in [-0.15, -0.1) is 0 Å². The van der Waals surface area contributed by atoms with E-state index in [1.165, 1.54) is 0 Å². The van der Waals surface area contributed by atoms with Gasteiger partial charge in [-0.2, -0.15) is 0 Å². The first-order valence-corrected chi connectivity index (χ1v) is 5.28. The van der Waals surface area contributed by atoms with Crippen LogP contribution < -0.4 is 11.5 Å². The normalized spacial score (nSPS) is 27.8. The molecule has 5 nitrogen and oxygen atoms in total. The zero-order chi connectivity index (χ0) is 11.6. The predicted octanol–water partition coefficient (Wildman–Crippen LogP) is -0.554. The van der Waals surface area contributed by atoms with Gasteiger partial charge in [0.25, 0.3) is 0 Å². The first kappa shape index (κ1) is 12.0. The van der Waals surface area contributed by atoms with Crippen LogP contribution >= 0.6 is 0 Å². The Bertz CT molecular complexity index is 267. The van der Waals surface area contributed by atoms with E-state index in [4.69, 9.17) is 11.5 Å². The Labute approximate surface area is 89.8 Å². The number of carbonyl (C=O) groups is 2. The molecule has 5 heteroatoms. The van der Waals surface area contributed by atoms with Gasteiger partial charge in [-0.1, -0.05) is 6.92 Å². The average Bonchev–Trinajstić information content (AvgIpc) is 2.45. The quantitative estimate of drug-likeness (QED) is 0.659. The molecule has 1 saturated heterocycles. The number of nitrogens with two attached hydrogens (primary N) is 2. The van der Waals surface area contributed by atoms with Crippen molar-refractivity contribution in [2.45, 2.75) is 38.8 Å². The van der Waals surface area contributed by atoms with Crippen LogP contribution in [0.1, 0.15) is 26.7 Å². The van der Waals surface area contributed by atoms with Gasteiger partial charge in [-0.3, -0.25) is 9.59 Å². The van der Waals surface area contributed by atoms with E-state index >= 15 is 0 Å². The van der Waals surface area contributed by atoms with E-state index in [9.17, 15) is 9.59 Å². The van der Waals surface area contributed by atoms with E-state index in [0.29, 0.717) is 5.92 Å². The van der Waals surface area contributed by atoms with Gasteiger partial charge < -0.3 is 16.4 Å². The van der Waals surface area contributed by atoms with Crippen molar-refractivity contribution in [3.63, 3.8) is 0 Å². The Morgan fingerprint density at radius 1 is 1.47 bits per heavy atom. The maximum Gasteiger partial charge on any atom is 0.240 e. The molecule has 1 aliphatic rings. The first-order valence-electron chi connectivity index (χ1n) is 5.28. The molecule has 3 atom stereocenters. The van der Waals surface area contributed by atoms with Gasteiger partial charge in [0.2, 0.25) is 11.8 Å². The zero-order valence-electron chi connectivity index (χ0n) is 9.27. The van der Waals surface area contributed by atoms with E-state index in [0.717, 1.165) is 13.0 Å². The van der Waals surface area contributed by atoms with Gasteiger partial charge in [0.05, 0.1) is 12.5 Å². The number of carbonyl (C=O) groups excluding carboxylic acids is 2. The van der Waals surface area contributed by atoms with Gasteiger partial charge in [0.1, 0.15) is 0 Å². The molecular weight excluding hydrogens is 194 g/mol. The number of hydrogen-bond acceptors (Lipinski definition) is 3. The summed E-state index contributed by atoms with van der Waals surface area (Å²) in [6.45, 7) is 4.84. The van der Waals surface area contributed by atoms with E-state index in [2.05, 4.69) is 6.92 Å². The van der Waals surface area contributed by atoms with Crippen LogP contribution in [0.5, 0.6) is 0 Å². The molecule has 4 N–H and O–H groups in total. The van der Waals surface area contributed by atoms with Crippen molar-refractivity contribution in [2.24, 2.45) is 17.4 Å². The molecular formula is C10H19N3O2. The van der Waals surface area contributed by atoms with Crippen LogP contribution in [-0.4, -0.2) is 35.3 Å². The van der Waals surface area contributed by atoms with Crippen molar-refractivity contribution in [1.29, 1.82) is 0 Å². The van der Waals surface area contributed by atoms with Crippen molar-refractivity contribution in [3.8, 4) is 0 Å². The summed E-state index contributed by atoms with van der Waals surface area (Å²) in [6.07, 6.45) is 0.923. The van der Waals surface area contributed by atoms with Crippen LogP contribution in [0.25, 0.3) is 0 Å². The largest absolute Gasteiger partial charge is 0.370 e. The summed E-state index contributed by atoms with van der Waals surface area (Å²) in [7, 11) is 0. The Morgan fingerprint density at radius 3 is 2.47 bits per heavy atom. The van der Waals surface area contributed by atoms with Crippen LogP contribution in [-0.2, 0) is 9.59 Å². The topological polar surface area (TPSA) is 89.4 Å². The lowest BCUT2D eigenvalue weighted by Gasteiger charge is -2.25. The standard InChI is InChI=1S/C10H19N3O2/c1-6-3-4-13(7(6)2)10(15)8(11)5-9(12)14/h6-8H,3-5,11H2,1-2H3,(H2,12,14). The molecule has 0 aromatic heterocycles. The van der Waals surface area contributed by atoms with Crippen LogP contribution in [0.2, 0.25) is 0 Å². The lowest BCUT2D eigenvalue weighted by Crippen LogP contribution is -2.47. The highest BCUT2D eigenvalue weighted by atomic mass is 16.2. The summed E-state index contributed by atoms with van der Waals surface area (Å²) in [6, 6.07) is -0.577. The highest BCUT2D eigenvalue weighted by molar-refractivity contribution is 5.87. The molecule has 2 amide bonds. The molecule has 3 unspecified atom stereocenters. The highest BCUT2D eigenvalue weighted by Gasteiger charge is 2.33. The molecule has 86 valence electrons. The molecule has 0 bridgehead atoms.